The fraction of sp³-hybridized carbons (Fsp3) is 0.409. The Hall–Kier alpha value is -2.87. The van der Waals surface area contributed by atoms with Gasteiger partial charge < -0.3 is 10.2 Å². The molecule has 1 aromatic carbocycles. The normalized spacial score (nSPS) is 15.9. The summed E-state index contributed by atoms with van der Waals surface area (Å²) < 4.78 is 3.03. The van der Waals surface area contributed by atoms with Crippen LogP contribution < -0.4 is 15.9 Å². The maximum Gasteiger partial charge on any atom is 0.346 e. The quantitative estimate of drug-likeness (QED) is 0.700. The van der Waals surface area contributed by atoms with Crippen molar-refractivity contribution in [1.82, 2.24) is 14.3 Å². The second-order valence-corrected chi connectivity index (χ2v) is 8.93. The third-order valence-electron chi connectivity index (χ3n) is 5.90. The van der Waals surface area contributed by atoms with Crippen LogP contribution in [0.2, 0.25) is 0 Å². The van der Waals surface area contributed by atoms with Crippen molar-refractivity contribution in [3.8, 4) is 0 Å². The summed E-state index contributed by atoms with van der Waals surface area (Å²) in [6.45, 7) is 2.40. The Kier molecular flexibility index (Phi) is 5.16. The van der Waals surface area contributed by atoms with Crippen LogP contribution in [0.3, 0.4) is 0 Å². The van der Waals surface area contributed by atoms with E-state index in [1.807, 2.05) is 35.6 Å². The molecule has 0 saturated carbocycles. The number of anilines is 2. The minimum atomic E-state index is -0.231. The molecule has 4 heterocycles. The second-order valence-electron chi connectivity index (χ2n) is 7.92. The summed E-state index contributed by atoms with van der Waals surface area (Å²) >= 11 is 1.81. The first-order valence-electron chi connectivity index (χ1n) is 10.5. The van der Waals surface area contributed by atoms with E-state index in [9.17, 15) is 9.59 Å². The number of benzene rings is 1. The van der Waals surface area contributed by atoms with Crippen LogP contribution in [-0.4, -0.2) is 26.8 Å². The lowest BCUT2D eigenvalue weighted by molar-refractivity contribution is -0.117. The van der Waals surface area contributed by atoms with E-state index in [0.717, 1.165) is 62.4 Å². The number of hydrogen-bond donors (Lipinski definition) is 1. The van der Waals surface area contributed by atoms with Crippen molar-refractivity contribution in [2.24, 2.45) is 0 Å². The minimum Gasteiger partial charge on any atom is -0.365 e. The first-order chi connectivity index (χ1) is 14.7. The molecule has 2 aromatic heterocycles. The van der Waals surface area contributed by atoms with Gasteiger partial charge in [0.1, 0.15) is 12.4 Å². The molecule has 7 nitrogen and oxygen atoms in total. The molecule has 0 saturated heterocycles. The lowest BCUT2D eigenvalue weighted by atomic mass is 10.1. The highest BCUT2D eigenvalue weighted by Gasteiger charge is 2.21. The summed E-state index contributed by atoms with van der Waals surface area (Å²) in [5.41, 5.74) is 2.96. The molecule has 0 atom stereocenters. The van der Waals surface area contributed by atoms with Gasteiger partial charge in [-0.25, -0.2) is 9.48 Å². The van der Waals surface area contributed by atoms with Gasteiger partial charge in [0.2, 0.25) is 5.91 Å². The summed E-state index contributed by atoms with van der Waals surface area (Å²) in [4.78, 5) is 29.2. The topological polar surface area (TPSA) is 72.2 Å². The SMILES string of the molecule is O=C(Cn1nc2n(c1=O)CCCCC2)Nc1ccccc1N1CCc2sccc2C1. The average molecular weight is 424 g/mol. The van der Waals surface area contributed by atoms with E-state index < -0.39 is 0 Å². The lowest BCUT2D eigenvalue weighted by Gasteiger charge is -2.30. The van der Waals surface area contributed by atoms with Gasteiger partial charge in [-0.1, -0.05) is 18.6 Å². The number of hydrogen-bond acceptors (Lipinski definition) is 5. The number of rotatable bonds is 4. The molecule has 2 aliphatic rings. The predicted octanol–water partition coefficient (Wildman–Crippen LogP) is 3.03. The standard InChI is InChI=1S/C22H25N5O2S/c28-21(15-27-22(29)26-11-5-1-2-8-20(26)24-27)23-17-6-3-4-7-18(17)25-12-9-19-16(14-25)10-13-30-19/h3-4,6-7,10,13H,1-2,5,8-9,11-12,14-15H2,(H,23,28). The van der Waals surface area contributed by atoms with Gasteiger partial charge in [0.15, 0.2) is 0 Å². The molecule has 2 aliphatic heterocycles. The van der Waals surface area contributed by atoms with Crippen molar-refractivity contribution in [2.75, 3.05) is 16.8 Å². The fourth-order valence-electron chi connectivity index (χ4n) is 4.36. The second kappa shape index (κ2) is 8.10. The minimum absolute atomic E-state index is 0.0676. The summed E-state index contributed by atoms with van der Waals surface area (Å²) in [7, 11) is 0. The summed E-state index contributed by atoms with van der Waals surface area (Å²) in [5.74, 6) is 0.566. The van der Waals surface area contributed by atoms with Crippen molar-refractivity contribution in [1.29, 1.82) is 0 Å². The number of thiophene rings is 1. The largest absolute Gasteiger partial charge is 0.365 e. The molecule has 0 bridgehead atoms. The van der Waals surface area contributed by atoms with Gasteiger partial charge >= 0.3 is 5.69 Å². The molecule has 0 unspecified atom stereocenters. The summed E-state index contributed by atoms with van der Waals surface area (Å²) in [6, 6.07) is 10.1. The van der Waals surface area contributed by atoms with Gasteiger partial charge in [-0.05, 0) is 48.4 Å². The van der Waals surface area contributed by atoms with Gasteiger partial charge in [-0.2, -0.15) is 5.10 Å². The van der Waals surface area contributed by atoms with Crippen molar-refractivity contribution in [2.45, 2.75) is 51.7 Å². The van der Waals surface area contributed by atoms with Crippen LogP contribution >= 0.6 is 11.3 Å². The monoisotopic (exact) mass is 423 g/mol. The molecular formula is C22H25N5O2S. The lowest BCUT2D eigenvalue weighted by Crippen LogP contribution is -2.32. The van der Waals surface area contributed by atoms with E-state index in [-0.39, 0.29) is 18.1 Å². The highest BCUT2D eigenvalue weighted by molar-refractivity contribution is 7.10. The molecule has 0 fully saturated rings. The van der Waals surface area contributed by atoms with Gasteiger partial charge in [-0.15, -0.1) is 11.3 Å². The number of fused-ring (bicyclic) bond motifs is 2. The molecule has 8 heteroatoms. The van der Waals surface area contributed by atoms with Gasteiger partial charge in [0.05, 0.1) is 11.4 Å². The molecule has 156 valence electrons. The van der Waals surface area contributed by atoms with E-state index >= 15 is 0 Å². The van der Waals surface area contributed by atoms with E-state index in [4.69, 9.17) is 0 Å². The number of para-hydroxylation sites is 2. The molecule has 0 radical (unpaired) electrons. The molecule has 0 spiro atoms. The zero-order valence-corrected chi connectivity index (χ0v) is 17.7. The van der Waals surface area contributed by atoms with Crippen molar-refractivity contribution >= 4 is 28.6 Å². The molecule has 1 amide bonds. The Balaban J connectivity index is 1.32. The van der Waals surface area contributed by atoms with Gasteiger partial charge in [0.25, 0.3) is 0 Å². The Morgan fingerprint density at radius 1 is 1.10 bits per heavy atom. The van der Waals surface area contributed by atoms with E-state index in [2.05, 4.69) is 26.8 Å². The van der Waals surface area contributed by atoms with Crippen LogP contribution in [-0.2, 0) is 37.3 Å². The first-order valence-corrected chi connectivity index (χ1v) is 11.4. The van der Waals surface area contributed by atoms with Crippen molar-refractivity contribution in [3.63, 3.8) is 0 Å². The van der Waals surface area contributed by atoms with Crippen molar-refractivity contribution < 1.29 is 4.79 Å². The van der Waals surface area contributed by atoms with Crippen LogP contribution in [0.25, 0.3) is 0 Å². The zero-order chi connectivity index (χ0) is 20.5. The van der Waals surface area contributed by atoms with Crippen LogP contribution in [0.1, 0.15) is 35.5 Å². The number of nitrogens with one attached hydrogen (secondary N) is 1. The van der Waals surface area contributed by atoms with Crippen LogP contribution in [0.5, 0.6) is 0 Å². The Morgan fingerprint density at radius 2 is 2.00 bits per heavy atom. The number of carbonyl (C=O) groups is 1. The summed E-state index contributed by atoms with van der Waals surface area (Å²) in [5, 5.41) is 9.57. The van der Waals surface area contributed by atoms with Crippen LogP contribution in [0.4, 0.5) is 11.4 Å². The third-order valence-corrected chi connectivity index (χ3v) is 6.92. The van der Waals surface area contributed by atoms with E-state index in [1.54, 1.807) is 4.57 Å². The average Bonchev–Trinajstić information content (AvgIpc) is 3.24. The maximum atomic E-state index is 12.8. The molecular weight excluding hydrogens is 398 g/mol. The maximum absolute atomic E-state index is 12.8. The highest BCUT2D eigenvalue weighted by Crippen LogP contribution is 2.32. The highest BCUT2D eigenvalue weighted by atomic mass is 32.1. The molecule has 1 N–H and O–H groups in total. The van der Waals surface area contributed by atoms with Crippen LogP contribution in [0.15, 0.2) is 40.5 Å². The van der Waals surface area contributed by atoms with Gasteiger partial charge in [-0.3, -0.25) is 9.36 Å². The zero-order valence-electron chi connectivity index (χ0n) is 16.8. The smallest absolute Gasteiger partial charge is 0.346 e. The molecule has 0 aliphatic carbocycles. The summed E-state index contributed by atoms with van der Waals surface area (Å²) in [6.07, 6.45) is 4.96. The van der Waals surface area contributed by atoms with Crippen molar-refractivity contribution in [3.05, 3.63) is 62.5 Å². The van der Waals surface area contributed by atoms with E-state index in [0.29, 0.717) is 6.54 Å². The Bertz CT molecular complexity index is 1130. The number of carbonyl (C=O) groups excluding carboxylic acids is 1. The first kappa shape index (κ1) is 19.1. The fourth-order valence-corrected chi connectivity index (χ4v) is 5.25. The molecule has 3 aromatic rings. The van der Waals surface area contributed by atoms with E-state index in [1.165, 1.54) is 15.1 Å². The molecule has 5 rings (SSSR count). The molecule has 30 heavy (non-hydrogen) atoms. The number of aromatic nitrogens is 3. The predicted molar refractivity (Wildman–Crippen MR) is 118 cm³/mol. The third kappa shape index (κ3) is 3.67. The Labute approximate surface area is 178 Å². The van der Waals surface area contributed by atoms with Crippen LogP contribution in [0, 0.1) is 0 Å². The number of nitrogens with zero attached hydrogens (tertiary/aromatic N) is 4. The number of amides is 1. The Morgan fingerprint density at radius 3 is 2.93 bits per heavy atom. The van der Waals surface area contributed by atoms with Gasteiger partial charge in [0, 0.05) is 30.9 Å². The number of aryl methyl sites for hydroxylation is 1.